The van der Waals surface area contributed by atoms with Gasteiger partial charge >= 0.3 is 0 Å². The molecule has 1 aromatic carbocycles. The van der Waals surface area contributed by atoms with Gasteiger partial charge in [0.2, 0.25) is 0 Å². The van der Waals surface area contributed by atoms with Gasteiger partial charge in [0.1, 0.15) is 11.2 Å². The smallest absolute Gasteiger partial charge is 0.256 e. The predicted molar refractivity (Wildman–Crippen MR) is 102 cm³/mol. The van der Waals surface area contributed by atoms with Crippen LogP contribution in [-0.4, -0.2) is 18.4 Å². The normalized spacial score (nSPS) is 14.3. The Labute approximate surface area is 154 Å². The van der Waals surface area contributed by atoms with Crippen LogP contribution < -0.4 is 4.72 Å². The molecule has 0 aliphatic heterocycles. The summed E-state index contributed by atoms with van der Waals surface area (Å²) in [5, 5.41) is 2.58. The monoisotopic (exact) mass is 391 g/mol. The summed E-state index contributed by atoms with van der Waals surface area (Å²) in [5.41, 5.74) is 1.93. The van der Waals surface area contributed by atoms with E-state index in [0.29, 0.717) is 10.8 Å². The average molecular weight is 392 g/mol. The molecule has 0 saturated carbocycles. The molecule has 0 atom stereocenters. The number of benzene rings is 1. The predicted octanol–water partition coefficient (Wildman–Crippen LogP) is 4.25. The van der Waals surface area contributed by atoms with Gasteiger partial charge in [-0.2, -0.15) is 0 Å². The minimum Gasteiger partial charge on any atom is -0.263 e. The van der Waals surface area contributed by atoms with Crippen molar-refractivity contribution < 1.29 is 8.42 Å². The van der Waals surface area contributed by atoms with E-state index < -0.39 is 10.0 Å². The molecule has 5 nitrogen and oxygen atoms in total. The number of rotatable bonds is 4. The van der Waals surface area contributed by atoms with Gasteiger partial charge in [-0.1, -0.05) is 23.7 Å². The molecule has 0 unspecified atom stereocenters. The fourth-order valence-corrected chi connectivity index (χ4v) is 5.10. The van der Waals surface area contributed by atoms with Gasteiger partial charge in [-0.15, -0.1) is 11.3 Å². The second-order valence-electron chi connectivity index (χ2n) is 5.76. The van der Waals surface area contributed by atoms with Crippen LogP contribution in [-0.2, 0) is 22.9 Å². The molecule has 0 bridgehead atoms. The van der Waals surface area contributed by atoms with E-state index in [0.717, 1.165) is 40.5 Å². The number of nitrogens with one attached hydrogen (secondary N) is 1. The van der Waals surface area contributed by atoms with Crippen molar-refractivity contribution in [2.24, 2.45) is 0 Å². The zero-order valence-electron chi connectivity index (χ0n) is 13.1. The number of thiophene rings is 1. The summed E-state index contributed by atoms with van der Waals surface area (Å²) in [5.74, 6) is 0.352. The van der Waals surface area contributed by atoms with Crippen LogP contribution >= 0.6 is 22.9 Å². The number of aryl methyl sites for hydroxylation is 2. The van der Waals surface area contributed by atoms with Crippen LogP contribution in [0.15, 0.2) is 36.0 Å². The summed E-state index contributed by atoms with van der Waals surface area (Å²) < 4.78 is 27.4. The van der Waals surface area contributed by atoms with Gasteiger partial charge in [-0.05, 0) is 48.6 Å². The van der Waals surface area contributed by atoms with E-state index >= 15 is 0 Å². The minimum atomic E-state index is -3.68. The zero-order valence-corrected chi connectivity index (χ0v) is 15.5. The van der Waals surface area contributed by atoms with Crippen molar-refractivity contribution in [2.45, 2.75) is 19.3 Å². The third kappa shape index (κ3) is 3.40. The number of nitrogens with zero attached hydrogens (tertiary/aromatic N) is 2. The van der Waals surface area contributed by atoms with E-state index in [4.69, 9.17) is 11.6 Å². The van der Waals surface area contributed by atoms with E-state index in [1.165, 1.54) is 22.8 Å². The van der Waals surface area contributed by atoms with Crippen LogP contribution in [0.4, 0.5) is 5.82 Å². The lowest BCUT2D eigenvalue weighted by Gasteiger charge is -2.06. The maximum atomic E-state index is 12.4. The van der Waals surface area contributed by atoms with Crippen LogP contribution in [0.2, 0.25) is 5.02 Å². The summed E-state index contributed by atoms with van der Waals surface area (Å²) in [6.07, 6.45) is 5.98. The van der Waals surface area contributed by atoms with Crippen molar-refractivity contribution in [3.8, 4) is 0 Å². The number of hydrogen-bond donors (Lipinski definition) is 1. The number of aromatic nitrogens is 2. The summed E-state index contributed by atoms with van der Waals surface area (Å²) >= 11 is 7.45. The number of fused-ring (bicyclic) bond motifs is 3. The highest BCUT2D eigenvalue weighted by Crippen LogP contribution is 2.39. The van der Waals surface area contributed by atoms with E-state index in [9.17, 15) is 8.42 Å². The summed E-state index contributed by atoms with van der Waals surface area (Å²) in [6, 6.07) is 6.93. The quantitative estimate of drug-likeness (QED) is 0.721. The van der Waals surface area contributed by atoms with Crippen LogP contribution in [0.5, 0.6) is 0 Å². The van der Waals surface area contributed by atoms with Crippen LogP contribution in [0.25, 0.3) is 16.3 Å². The van der Waals surface area contributed by atoms with Gasteiger partial charge in [0.05, 0.1) is 10.8 Å². The number of anilines is 1. The molecule has 8 heteroatoms. The molecule has 2 heterocycles. The molecule has 0 saturated heterocycles. The van der Waals surface area contributed by atoms with Crippen molar-refractivity contribution in [1.29, 1.82) is 0 Å². The maximum Gasteiger partial charge on any atom is 0.256 e. The van der Waals surface area contributed by atoms with Gasteiger partial charge in [0.25, 0.3) is 10.0 Å². The highest BCUT2D eigenvalue weighted by Gasteiger charge is 2.22. The largest absolute Gasteiger partial charge is 0.263 e. The molecule has 2 aromatic heterocycles. The van der Waals surface area contributed by atoms with Gasteiger partial charge in [0.15, 0.2) is 5.82 Å². The molecule has 4 rings (SSSR count). The van der Waals surface area contributed by atoms with Crippen molar-refractivity contribution >= 4 is 55.1 Å². The summed E-state index contributed by atoms with van der Waals surface area (Å²) in [6.45, 7) is 0. The first-order valence-electron chi connectivity index (χ1n) is 7.73. The zero-order chi connectivity index (χ0) is 17.4. The third-order valence-corrected chi connectivity index (χ3v) is 6.47. The SMILES string of the molecule is O=S(=O)(C=Cc1ccc(Cl)cc1)Nc1ncnc2sc3c(c12)CCC3. The van der Waals surface area contributed by atoms with E-state index in [-0.39, 0.29) is 0 Å². The molecule has 3 aromatic rings. The average Bonchev–Trinajstić information content (AvgIpc) is 3.15. The van der Waals surface area contributed by atoms with Gasteiger partial charge < -0.3 is 0 Å². The molecular formula is C17H14ClN3O2S2. The number of halogens is 1. The molecule has 128 valence electrons. The summed E-state index contributed by atoms with van der Waals surface area (Å²) in [7, 11) is -3.68. The Morgan fingerprint density at radius 2 is 1.96 bits per heavy atom. The first-order valence-corrected chi connectivity index (χ1v) is 10.5. The van der Waals surface area contributed by atoms with Crippen molar-refractivity contribution in [2.75, 3.05) is 4.72 Å². The first kappa shape index (κ1) is 16.5. The second kappa shape index (κ2) is 6.40. The van der Waals surface area contributed by atoms with Crippen molar-refractivity contribution in [1.82, 2.24) is 9.97 Å². The summed E-state index contributed by atoms with van der Waals surface area (Å²) in [4.78, 5) is 10.6. The lowest BCUT2D eigenvalue weighted by Crippen LogP contribution is -2.10. The number of hydrogen-bond acceptors (Lipinski definition) is 5. The standard InChI is InChI=1S/C17H14ClN3O2S2/c18-12-6-4-11(5-7-12)8-9-25(22,23)21-16-15-13-2-1-3-14(13)24-17(15)20-10-19-16/h4-10H,1-3H2,(H,19,20,21). The third-order valence-electron chi connectivity index (χ3n) is 4.05. The maximum absolute atomic E-state index is 12.4. The van der Waals surface area contributed by atoms with Crippen molar-refractivity contribution in [3.05, 3.63) is 57.0 Å². The van der Waals surface area contributed by atoms with Crippen LogP contribution in [0, 0.1) is 0 Å². The molecule has 1 N–H and O–H groups in total. The molecule has 0 fully saturated rings. The Kier molecular flexibility index (Phi) is 4.23. The highest BCUT2D eigenvalue weighted by atomic mass is 35.5. The molecule has 0 amide bonds. The van der Waals surface area contributed by atoms with Crippen molar-refractivity contribution in [3.63, 3.8) is 0 Å². The highest BCUT2D eigenvalue weighted by molar-refractivity contribution is 7.95. The topological polar surface area (TPSA) is 72.0 Å². The lowest BCUT2D eigenvalue weighted by molar-refractivity contribution is 0.609. The molecule has 0 spiro atoms. The van der Waals surface area contributed by atoms with Crippen LogP contribution in [0.3, 0.4) is 0 Å². The Morgan fingerprint density at radius 3 is 2.76 bits per heavy atom. The molecule has 1 aliphatic rings. The lowest BCUT2D eigenvalue weighted by atomic mass is 10.2. The molecule has 0 radical (unpaired) electrons. The fourth-order valence-electron chi connectivity index (χ4n) is 2.92. The van der Waals surface area contributed by atoms with E-state index in [1.807, 2.05) is 0 Å². The fraction of sp³-hybridized carbons (Fsp3) is 0.176. The Bertz CT molecular complexity index is 1070. The first-order chi connectivity index (χ1) is 12.0. The van der Waals surface area contributed by atoms with Gasteiger partial charge in [0, 0.05) is 9.90 Å². The second-order valence-corrected chi connectivity index (χ2v) is 8.85. The van der Waals surface area contributed by atoms with Gasteiger partial charge in [-0.3, -0.25) is 4.72 Å². The molecular weight excluding hydrogens is 378 g/mol. The molecule has 25 heavy (non-hydrogen) atoms. The van der Waals surface area contributed by atoms with E-state index in [2.05, 4.69) is 14.7 Å². The van der Waals surface area contributed by atoms with Crippen LogP contribution in [0.1, 0.15) is 22.4 Å². The number of sulfonamides is 1. The van der Waals surface area contributed by atoms with E-state index in [1.54, 1.807) is 35.6 Å². The molecule has 1 aliphatic carbocycles. The minimum absolute atomic E-state index is 0.352. The Morgan fingerprint density at radius 1 is 1.16 bits per heavy atom. The Hall–Kier alpha value is -1.96. The van der Waals surface area contributed by atoms with Gasteiger partial charge in [-0.25, -0.2) is 18.4 Å². The Balaban J connectivity index is 1.65.